The van der Waals surface area contributed by atoms with Crippen LogP contribution in [0.4, 0.5) is 4.39 Å². The Morgan fingerprint density at radius 2 is 2.44 bits per heavy atom. The highest BCUT2D eigenvalue weighted by atomic mass is 31.0. The fraction of sp³-hybridized carbons (Fsp3) is 0.455. The first-order chi connectivity index (χ1) is 7.70. The van der Waals surface area contributed by atoms with Gasteiger partial charge in [0.05, 0.1) is 6.61 Å². The molecular formula is C11H14FO3P. The largest absolute Gasteiger partial charge is 0.487 e. The van der Waals surface area contributed by atoms with E-state index in [1.807, 2.05) is 0 Å². The third kappa shape index (κ3) is 2.51. The van der Waals surface area contributed by atoms with Crippen LogP contribution >= 0.6 is 9.47 Å². The average molecular weight is 244 g/mol. The second-order valence-corrected chi connectivity index (χ2v) is 4.18. The molecule has 0 saturated heterocycles. The number of halogens is 1. The molecule has 1 aliphatic rings. The molecule has 88 valence electrons. The summed E-state index contributed by atoms with van der Waals surface area (Å²) >= 11 is 0. The number of rotatable bonds is 3. The summed E-state index contributed by atoms with van der Waals surface area (Å²) < 4.78 is 23.3. The molecule has 1 heterocycles. The van der Waals surface area contributed by atoms with Gasteiger partial charge in [-0.15, -0.1) is 0 Å². The van der Waals surface area contributed by atoms with Crippen molar-refractivity contribution in [1.29, 1.82) is 0 Å². The second-order valence-electron chi connectivity index (χ2n) is 3.85. The summed E-state index contributed by atoms with van der Waals surface area (Å²) in [6.45, 7) is 0.214. The van der Waals surface area contributed by atoms with Crippen LogP contribution < -0.4 is 4.74 Å². The zero-order chi connectivity index (χ0) is 11.5. The van der Waals surface area contributed by atoms with E-state index in [2.05, 4.69) is 9.47 Å². The highest BCUT2D eigenvalue weighted by Crippen LogP contribution is 2.29. The van der Waals surface area contributed by atoms with Crippen molar-refractivity contribution in [2.24, 2.45) is 0 Å². The summed E-state index contributed by atoms with van der Waals surface area (Å²) in [5.74, 6) is 0.398. The van der Waals surface area contributed by atoms with Crippen LogP contribution in [0.5, 0.6) is 5.75 Å². The van der Waals surface area contributed by atoms with Crippen molar-refractivity contribution in [2.45, 2.75) is 25.0 Å². The van der Waals surface area contributed by atoms with Gasteiger partial charge in [-0.3, -0.25) is 0 Å². The van der Waals surface area contributed by atoms with Gasteiger partial charge in [0.15, 0.2) is 0 Å². The Hall–Kier alpha value is -0.700. The molecule has 0 aromatic heterocycles. The highest BCUT2D eigenvalue weighted by molar-refractivity contribution is 7.09. The first kappa shape index (κ1) is 11.8. The lowest BCUT2D eigenvalue weighted by Crippen LogP contribution is -2.37. The summed E-state index contributed by atoms with van der Waals surface area (Å²) in [6.07, 6.45) is 0.450. The van der Waals surface area contributed by atoms with Crippen LogP contribution in [0.3, 0.4) is 0 Å². The van der Waals surface area contributed by atoms with Crippen molar-refractivity contribution in [2.75, 3.05) is 6.61 Å². The third-order valence-electron chi connectivity index (χ3n) is 2.70. The lowest BCUT2D eigenvalue weighted by atomic mass is 9.99. The van der Waals surface area contributed by atoms with Gasteiger partial charge < -0.3 is 14.4 Å². The molecule has 5 heteroatoms. The number of benzene rings is 1. The zero-order valence-corrected chi connectivity index (χ0v) is 9.88. The first-order valence-corrected chi connectivity index (χ1v) is 5.62. The summed E-state index contributed by atoms with van der Waals surface area (Å²) in [5.41, 5.74) is 0.857. The lowest BCUT2D eigenvalue weighted by molar-refractivity contribution is 0.000339. The van der Waals surface area contributed by atoms with E-state index in [-0.39, 0.29) is 18.5 Å². The summed E-state index contributed by atoms with van der Waals surface area (Å²) in [5, 5.41) is 9.72. The number of hydrogen-bond donors (Lipinski definition) is 1. The van der Waals surface area contributed by atoms with Gasteiger partial charge in [-0.25, -0.2) is 4.39 Å². The highest BCUT2D eigenvalue weighted by Gasteiger charge is 2.26. The molecule has 1 aromatic rings. The lowest BCUT2D eigenvalue weighted by Gasteiger charge is -2.29. The fourth-order valence-corrected chi connectivity index (χ4v) is 2.05. The minimum atomic E-state index is -0.657. The Kier molecular flexibility index (Phi) is 3.74. The van der Waals surface area contributed by atoms with Crippen molar-refractivity contribution in [3.05, 3.63) is 29.6 Å². The van der Waals surface area contributed by atoms with E-state index in [0.717, 1.165) is 5.56 Å². The van der Waals surface area contributed by atoms with E-state index in [1.54, 1.807) is 6.07 Å². The average Bonchev–Trinajstić information content (AvgIpc) is 2.28. The normalized spacial score (nSPS) is 21.1. The van der Waals surface area contributed by atoms with Crippen LogP contribution in [0.15, 0.2) is 18.2 Å². The van der Waals surface area contributed by atoms with Gasteiger partial charge in [0.2, 0.25) is 0 Å². The van der Waals surface area contributed by atoms with Crippen molar-refractivity contribution in [1.82, 2.24) is 0 Å². The smallest absolute Gasteiger partial charge is 0.127 e. The molecule has 0 spiro atoms. The van der Waals surface area contributed by atoms with Gasteiger partial charge in [0.1, 0.15) is 23.8 Å². The van der Waals surface area contributed by atoms with Gasteiger partial charge in [-0.1, -0.05) is 0 Å². The molecule has 1 aliphatic heterocycles. The van der Waals surface area contributed by atoms with Crippen molar-refractivity contribution in [3.63, 3.8) is 0 Å². The second kappa shape index (κ2) is 5.09. The predicted molar refractivity (Wildman–Crippen MR) is 60.8 cm³/mol. The number of aryl methyl sites for hydroxylation is 1. The molecule has 0 bridgehead atoms. The van der Waals surface area contributed by atoms with Crippen LogP contribution in [-0.4, -0.2) is 23.9 Å². The van der Waals surface area contributed by atoms with Crippen LogP contribution in [0.2, 0.25) is 0 Å². The predicted octanol–water partition coefficient (Wildman–Crippen LogP) is 1.69. The minimum Gasteiger partial charge on any atom is -0.487 e. The number of aliphatic hydroxyl groups is 1. The molecule has 0 aliphatic carbocycles. The first-order valence-electron chi connectivity index (χ1n) is 5.15. The maximum Gasteiger partial charge on any atom is 0.127 e. The molecule has 2 rings (SSSR count). The topological polar surface area (TPSA) is 38.7 Å². The molecule has 1 unspecified atom stereocenters. The Balaban J connectivity index is 2.09. The Bertz CT molecular complexity index is 372. The van der Waals surface area contributed by atoms with E-state index in [4.69, 9.17) is 9.26 Å². The summed E-state index contributed by atoms with van der Waals surface area (Å²) in [6, 6.07) is 4.44. The van der Waals surface area contributed by atoms with E-state index >= 15 is 0 Å². The van der Waals surface area contributed by atoms with Crippen LogP contribution in [-0.2, 0) is 10.9 Å². The molecule has 3 atom stereocenters. The van der Waals surface area contributed by atoms with Crippen LogP contribution in [0, 0.1) is 5.82 Å². The molecule has 1 N–H and O–H groups in total. The standard InChI is InChI=1S/C11H14FO3P/c12-8-2-4-10-7(5-8)1-3-11(15-10)9(13)6-14-16/h2,4-5,9,11,13H,1,3,6,16H2/t9-,11+/m0/s1. The minimum absolute atomic E-state index is 0.214. The Morgan fingerprint density at radius 1 is 1.62 bits per heavy atom. The molecule has 16 heavy (non-hydrogen) atoms. The van der Waals surface area contributed by atoms with Gasteiger partial charge in [0, 0.05) is 9.47 Å². The molecule has 0 saturated carbocycles. The SMILES string of the molecule is O[C@@H](COP)[C@H]1CCc2cc(F)ccc2O1. The van der Waals surface area contributed by atoms with E-state index in [1.165, 1.54) is 12.1 Å². The van der Waals surface area contributed by atoms with Crippen molar-refractivity contribution < 1.29 is 18.8 Å². The summed E-state index contributed by atoms with van der Waals surface area (Å²) in [4.78, 5) is 0. The molecule has 0 radical (unpaired) electrons. The van der Waals surface area contributed by atoms with Gasteiger partial charge in [-0.05, 0) is 36.6 Å². The molecule has 0 fully saturated rings. The third-order valence-corrected chi connectivity index (χ3v) is 2.89. The molecular weight excluding hydrogens is 230 g/mol. The van der Waals surface area contributed by atoms with Gasteiger partial charge >= 0.3 is 0 Å². The zero-order valence-electron chi connectivity index (χ0n) is 8.73. The maximum absolute atomic E-state index is 12.9. The molecule has 0 amide bonds. The van der Waals surface area contributed by atoms with Crippen LogP contribution in [0.25, 0.3) is 0 Å². The number of hydrogen-bond acceptors (Lipinski definition) is 3. The number of aliphatic hydroxyl groups excluding tert-OH is 1. The van der Waals surface area contributed by atoms with Gasteiger partial charge in [-0.2, -0.15) is 0 Å². The number of ether oxygens (including phenoxy) is 1. The quantitative estimate of drug-likeness (QED) is 0.822. The van der Waals surface area contributed by atoms with Crippen molar-refractivity contribution >= 4 is 9.47 Å². The summed E-state index contributed by atoms with van der Waals surface area (Å²) in [7, 11) is 2.10. The van der Waals surface area contributed by atoms with Crippen LogP contribution in [0.1, 0.15) is 12.0 Å². The van der Waals surface area contributed by atoms with E-state index in [9.17, 15) is 9.50 Å². The monoisotopic (exact) mass is 244 g/mol. The molecule has 1 aromatic carbocycles. The fourth-order valence-electron chi connectivity index (χ4n) is 1.85. The van der Waals surface area contributed by atoms with Crippen molar-refractivity contribution in [3.8, 4) is 5.75 Å². The molecule has 3 nitrogen and oxygen atoms in total. The van der Waals surface area contributed by atoms with E-state index in [0.29, 0.717) is 18.6 Å². The Labute approximate surface area is 95.9 Å². The van der Waals surface area contributed by atoms with Gasteiger partial charge in [0.25, 0.3) is 0 Å². The maximum atomic E-state index is 12.9. The Morgan fingerprint density at radius 3 is 3.19 bits per heavy atom. The van der Waals surface area contributed by atoms with E-state index < -0.39 is 6.10 Å². The number of fused-ring (bicyclic) bond motifs is 1.